The average Bonchev–Trinajstić information content (AvgIpc) is 2.99. The number of hydrogen-bond donors (Lipinski definition) is 0. The maximum atomic E-state index is 13.0. The van der Waals surface area contributed by atoms with Crippen LogP contribution in [0.2, 0.25) is 0 Å². The molecule has 0 spiro atoms. The fraction of sp³-hybridized carbons (Fsp3) is 0.350. The molecule has 1 atom stereocenters. The maximum absolute atomic E-state index is 13.0. The van der Waals surface area contributed by atoms with E-state index in [4.69, 9.17) is 4.74 Å². The zero-order valence-corrected chi connectivity index (χ0v) is 15.3. The van der Waals surface area contributed by atoms with Crippen LogP contribution >= 0.6 is 0 Å². The number of aromatic nitrogens is 1. The van der Waals surface area contributed by atoms with Gasteiger partial charge in [-0.2, -0.15) is 4.91 Å². The van der Waals surface area contributed by atoms with Crippen LogP contribution in [-0.2, 0) is 4.74 Å². The van der Waals surface area contributed by atoms with Crippen molar-refractivity contribution >= 4 is 22.2 Å². The zero-order chi connectivity index (χ0) is 18.7. The van der Waals surface area contributed by atoms with Gasteiger partial charge in [0.2, 0.25) is 0 Å². The second-order valence-electron chi connectivity index (χ2n) is 6.54. The molecule has 0 bridgehead atoms. The smallest absolute Gasteiger partial charge is 0.179 e. The van der Waals surface area contributed by atoms with Crippen LogP contribution < -0.4 is 0 Å². The van der Waals surface area contributed by atoms with E-state index in [1.54, 1.807) is 14.0 Å². The highest BCUT2D eigenvalue weighted by atomic mass is 16.5. The molecule has 6 nitrogen and oxygen atoms in total. The molecular weight excluding hydrogens is 330 g/mol. The highest BCUT2D eigenvalue weighted by molar-refractivity contribution is 6.15. The lowest BCUT2D eigenvalue weighted by Gasteiger charge is -2.14. The SMILES string of the molecule is COCCN(C)CC(=O)c1c2ccc(C(C)N=O)cc2n2ccccc12. The Kier molecular flexibility index (Phi) is 5.44. The van der Waals surface area contributed by atoms with Gasteiger partial charge in [-0.1, -0.05) is 23.4 Å². The van der Waals surface area contributed by atoms with E-state index >= 15 is 0 Å². The average molecular weight is 353 g/mol. The molecule has 0 amide bonds. The van der Waals surface area contributed by atoms with Gasteiger partial charge in [-0.3, -0.25) is 9.69 Å². The minimum absolute atomic E-state index is 0.0663. The van der Waals surface area contributed by atoms with Crippen molar-refractivity contribution in [3.05, 3.63) is 58.6 Å². The number of nitroso groups, excluding NO2 is 1. The molecule has 0 fully saturated rings. The number of nitrogens with zero attached hydrogens (tertiary/aromatic N) is 3. The predicted octanol–water partition coefficient (Wildman–Crippen LogP) is 3.68. The van der Waals surface area contributed by atoms with Gasteiger partial charge in [0.25, 0.3) is 0 Å². The van der Waals surface area contributed by atoms with Crippen LogP contribution in [0.15, 0.2) is 47.8 Å². The van der Waals surface area contributed by atoms with E-state index in [-0.39, 0.29) is 5.78 Å². The molecule has 0 N–H and O–H groups in total. The summed E-state index contributed by atoms with van der Waals surface area (Å²) >= 11 is 0. The topological polar surface area (TPSA) is 63.4 Å². The van der Waals surface area contributed by atoms with Crippen molar-refractivity contribution in [2.45, 2.75) is 13.0 Å². The van der Waals surface area contributed by atoms with Gasteiger partial charge >= 0.3 is 0 Å². The predicted molar refractivity (Wildman–Crippen MR) is 103 cm³/mol. The first kappa shape index (κ1) is 18.2. The molecule has 0 radical (unpaired) electrons. The number of rotatable bonds is 8. The lowest BCUT2D eigenvalue weighted by molar-refractivity contribution is 0.0926. The van der Waals surface area contributed by atoms with Crippen LogP contribution in [0, 0.1) is 4.91 Å². The van der Waals surface area contributed by atoms with E-state index in [1.807, 2.05) is 58.9 Å². The molecule has 1 aromatic carbocycles. The molecule has 3 aromatic rings. The standard InChI is InChI=1S/C20H23N3O3/c1-14(21-25)15-7-8-16-18(12-15)23-9-5-4-6-17(23)20(16)19(24)13-22(2)10-11-26-3/h4-9,12,14H,10-11,13H2,1-3H3. The number of methoxy groups -OCH3 is 1. The van der Waals surface area contributed by atoms with Gasteiger partial charge in [0, 0.05) is 25.2 Å². The van der Waals surface area contributed by atoms with Gasteiger partial charge in [0.1, 0.15) is 6.04 Å². The first-order chi connectivity index (χ1) is 12.6. The third-order valence-corrected chi connectivity index (χ3v) is 4.68. The Balaban J connectivity index is 2.08. The van der Waals surface area contributed by atoms with Gasteiger partial charge in [-0.05, 0) is 37.7 Å². The van der Waals surface area contributed by atoms with E-state index in [2.05, 4.69) is 5.18 Å². The number of fused-ring (bicyclic) bond motifs is 3. The highest BCUT2D eigenvalue weighted by Crippen LogP contribution is 2.30. The summed E-state index contributed by atoms with van der Waals surface area (Å²) in [6, 6.07) is 11.1. The first-order valence-corrected chi connectivity index (χ1v) is 8.62. The van der Waals surface area contributed by atoms with Gasteiger partial charge < -0.3 is 9.14 Å². The second kappa shape index (κ2) is 7.76. The number of ketones is 1. The second-order valence-corrected chi connectivity index (χ2v) is 6.54. The molecule has 0 saturated carbocycles. The molecule has 3 rings (SSSR count). The van der Waals surface area contributed by atoms with E-state index in [0.29, 0.717) is 25.3 Å². The molecule has 2 heterocycles. The molecule has 0 saturated heterocycles. The fourth-order valence-corrected chi connectivity index (χ4v) is 3.22. The lowest BCUT2D eigenvalue weighted by atomic mass is 10.0. The summed E-state index contributed by atoms with van der Waals surface area (Å²) in [5, 5.41) is 4.00. The molecule has 2 aromatic heterocycles. The van der Waals surface area contributed by atoms with Gasteiger partial charge in [0.05, 0.1) is 29.7 Å². The number of pyridine rings is 1. The molecular formula is C20H23N3O3. The lowest BCUT2D eigenvalue weighted by Crippen LogP contribution is -2.29. The van der Waals surface area contributed by atoms with Crippen LogP contribution in [0.25, 0.3) is 16.4 Å². The number of carbonyl (C=O) groups is 1. The fourth-order valence-electron chi connectivity index (χ4n) is 3.22. The van der Waals surface area contributed by atoms with Gasteiger partial charge in [0.15, 0.2) is 5.78 Å². The van der Waals surface area contributed by atoms with Crippen LogP contribution in [-0.4, -0.2) is 48.9 Å². The van der Waals surface area contributed by atoms with Crippen LogP contribution in [0.3, 0.4) is 0 Å². The van der Waals surface area contributed by atoms with E-state index in [1.165, 1.54) is 0 Å². The van der Waals surface area contributed by atoms with Gasteiger partial charge in [-0.25, -0.2) is 0 Å². The third kappa shape index (κ3) is 3.38. The monoisotopic (exact) mass is 353 g/mol. The van der Waals surface area contributed by atoms with Crippen LogP contribution in [0.5, 0.6) is 0 Å². The Bertz CT molecular complexity index is 948. The van der Waals surface area contributed by atoms with Crippen molar-refractivity contribution in [2.24, 2.45) is 5.18 Å². The Labute approximate surface area is 152 Å². The number of likely N-dealkylation sites (N-methyl/N-ethyl adjacent to an activating group) is 1. The Morgan fingerprint density at radius 3 is 2.81 bits per heavy atom. The summed E-state index contributed by atoms with van der Waals surface area (Å²) in [6.07, 6.45) is 1.94. The van der Waals surface area contributed by atoms with Crippen molar-refractivity contribution in [2.75, 3.05) is 33.9 Å². The Morgan fingerprint density at radius 1 is 1.27 bits per heavy atom. The van der Waals surface area contributed by atoms with Crippen LogP contribution in [0.4, 0.5) is 0 Å². The van der Waals surface area contributed by atoms with E-state index < -0.39 is 6.04 Å². The van der Waals surface area contributed by atoms with Gasteiger partial charge in [-0.15, -0.1) is 0 Å². The third-order valence-electron chi connectivity index (χ3n) is 4.68. The molecule has 0 aliphatic rings. The Morgan fingerprint density at radius 2 is 2.08 bits per heavy atom. The molecule has 136 valence electrons. The molecule has 0 aliphatic carbocycles. The quantitative estimate of drug-likeness (QED) is 0.458. The summed E-state index contributed by atoms with van der Waals surface area (Å²) in [5.41, 5.74) is 3.34. The molecule has 26 heavy (non-hydrogen) atoms. The number of hydrogen-bond acceptors (Lipinski definition) is 5. The first-order valence-electron chi connectivity index (χ1n) is 8.62. The minimum Gasteiger partial charge on any atom is -0.383 e. The number of Topliss-reactive ketones (excluding diaryl/α,β-unsaturated/α-hetero) is 1. The maximum Gasteiger partial charge on any atom is 0.179 e. The molecule has 0 aliphatic heterocycles. The van der Waals surface area contributed by atoms with Crippen molar-refractivity contribution in [1.82, 2.24) is 9.30 Å². The summed E-state index contributed by atoms with van der Waals surface area (Å²) < 4.78 is 7.08. The van der Waals surface area contributed by atoms with Crippen LogP contribution in [0.1, 0.15) is 28.9 Å². The van der Waals surface area contributed by atoms with Crippen molar-refractivity contribution < 1.29 is 9.53 Å². The zero-order valence-electron chi connectivity index (χ0n) is 15.3. The van der Waals surface area contributed by atoms with E-state index in [9.17, 15) is 9.70 Å². The molecule has 6 heteroatoms. The van der Waals surface area contributed by atoms with E-state index in [0.717, 1.165) is 22.0 Å². The normalized spacial score (nSPS) is 12.8. The number of benzene rings is 1. The number of ether oxygens (including phenoxy) is 1. The largest absolute Gasteiger partial charge is 0.383 e. The highest BCUT2D eigenvalue weighted by Gasteiger charge is 2.20. The minimum atomic E-state index is -0.423. The Hall–Kier alpha value is -2.57. The summed E-state index contributed by atoms with van der Waals surface area (Å²) in [4.78, 5) is 25.9. The van der Waals surface area contributed by atoms with Crippen molar-refractivity contribution in [1.29, 1.82) is 0 Å². The number of carbonyl (C=O) groups excluding carboxylic acids is 1. The summed E-state index contributed by atoms with van der Waals surface area (Å²) in [7, 11) is 3.56. The molecule has 1 unspecified atom stereocenters. The summed E-state index contributed by atoms with van der Waals surface area (Å²) in [6.45, 7) is 3.36. The van der Waals surface area contributed by atoms with Crippen molar-refractivity contribution in [3.8, 4) is 0 Å². The van der Waals surface area contributed by atoms with Crippen molar-refractivity contribution in [3.63, 3.8) is 0 Å². The summed E-state index contributed by atoms with van der Waals surface area (Å²) in [5.74, 6) is 0.0663.